The minimum atomic E-state index is -4.44. The third-order valence-corrected chi connectivity index (χ3v) is 5.23. The number of benzene rings is 2. The first-order valence-corrected chi connectivity index (χ1v) is 10.2. The zero-order valence-electron chi connectivity index (χ0n) is 17.6. The molecule has 2 aromatic carbocycles. The molecule has 1 amide bonds. The van der Waals surface area contributed by atoms with Crippen molar-refractivity contribution >= 4 is 11.9 Å². The maximum absolute atomic E-state index is 12.7. The van der Waals surface area contributed by atoms with Gasteiger partial charge in [0.25, 0.3) is 5.91 Å². The Hall–Kier alpha value is -3.23. The van der Waals surface area contributed by atoms with E-state index in [1.165, 1.54) is 12.1 Å². The zero-order chi connectivity index (χ0) is 23.1. The van der Waals surface area contributed by atoms with E-state index in [0.717, 1.165) is 12.1 Å². The van der Waals surface area contributed by atoms with E-state index in [1.807, 2.05) is 0 Å². The first kappa shape index (κ1) is 23.4. The molecule has 32 heavy (non-hydrogen) atoms. The van der Waals surface area contributed by atoms with E-state index in [4.69, 9.17) is 14.2 Å². The van der Waals surface area contributed by atoms with E-state index in [1.54, 1.807) is 36.3 Å². The number of rotatable bonds is 7. The van der Waals surface area contributed by atoms with Crippen LogP contribution in [0.25, 0.3) is 0 Å². The molecular formula is C23H24F3NO5. The summed E-state index contributed by atoms with van der Waals surface area (Å²) in [5.74, 6) is 0.333. The number of hydrogen-bond donors (Lipinski definition) is 0. The molecule has 1 heterocycles. The molecular weight excluding hydrogens is 427 g/mol. The lowest BCUT2D eigenvalue weighted by Crippen LogP contribution is -2.40. The highest BCUT2D eigenvalue weighted by atomic mass is 19.4. The molecule has 9 heteroatoms. The Balaban J connectivity index is 1.39. The normalized spacial score (nSPS) is 14.7. The van der Waals surface area contributed by atoms with Crippen LogP contribution in [-0.4, -0.2) is 50.2 Å². The molecule has 0 bridgehead atoms. The molecule has 2 aromatic rings. The molecule has 3 rings (SSSR count). The summed E-state index contributed by atoms with van der Waals surface area (Å²) in [6.45, 7) is 0.989. The van der Waals surface area contributed by atoms with Crippen molar-refractivity contribution in [3.05, 3.63) is 59.7 Å². The van der Waals surface area contributed by atoms with E-state index >= 15 is 0 Å². The summed E-state index contributed by atoms with van der Waals surface area (Å²) < 4.78 is 53.9. The van der Waals surface area contributed by atoms with Gasteiger partial charge in [-0.2, -0.15) is 13.2 Å². The first-order valence-electron chi connectivity index (χ1n) is 10.2. The molecule has 0 unspecified atom stereocenters. The van der Waals surface area contributed by atoms with Crippen molar-refractivity contribution in [3.63, 3.8) is 0 Å². The third kappa shape index (κ3) is 6.15. The van der Waals surface area contributed by atoms with Crippen molar-refractivity contribution in [2.24, 2.45) is 5.92 Å². The summed E-state index contributed by atoms with van der Waals surface area (Å²) in [4.78, 5) is 26.3. The lowest BCUT2D eigenvalue weighted by Gasteiger charge is -2.31. The summed E-state index contributed by atoms with van der Waals surface area (Å²) in [5, 5.41) is 0. The zero-order valence-corrected chi connectivity index (χ0v) is 17.6. The summed E-state index contributed by atoms with van der Waals surface area (Å²) >= 11 is 0. The van der Waals surface area contributed by atoms with Gasteiger partial charge in [0.15, 0.2) is 0 Å². The van der Waals surface area contributed by atoms with E-state index < -0.39 is 11.7 Å². The summed E-state index contributed by atoms with van der Waals surface area (Å²) in [6.07, 6.45) is -3.57. The number of methoxy groups -OCH3 is 1. The average molecular weight is 451 g/mol. The van der Waals surface area contributed by atoms with Gasteiger partial charge >= 0.3 is 12.1 Å². The van der Waals surface area contributed by atoms with E-state index in [9.17, 15) is 22.8 Å². The second-order valence-electron chi connectivity index (χ2n) is 7.33. The van der Waals surface area contributed by atoms with Crippen molar-refractivity contribution in [1.29, 1.82) is 0 Å². The van der Waals surface area contributed by atoms with Gasteiger partial charge in [-0.1, -0.05) is 0 Å². The quantitative estimate of drug-likeness (QED) is 0.467. The monoisotopic (exact) mass is 451 g/mol. The number of piperidine rings is 1. The Kier molecular flexibility index (Phi) is 7.61. The standard InChI is InChI=1S/C23H24F3NO5/c1-30-19-6-8-20(9-7-19)31-14-15-32-22(29)17-10-12-27(13-11-17)21(28)16-2-4-18(5-3-16)23(24,25)26/h2-9,17H,10-15H2,1H3. The van der Waals surface area contributed by atoms with Crippen LogP contribution in [0.4, 0.5) is 13.2 Å². The lowest BCUT2D eigenvalue weighted by molar-refractivity contribution is -0.150. The molecule has 1 saturated heterocycles. The van der Waals surface area contributed by atoms with E-state index in [0.29, 0.717) is 37.4 Å². The number of hydrogen-bond acceptors (Lipinski definition) is 5. The Morgan fingerprint density at radius 3 is 2.09 bits per heavy atom. The van der Waals surface area contributed by atoms with Gasteiger partial charge in [0, 0.05) is 18.7 Å². The second-order valence-corrected chi connectivity index (χ2v) is 7.33. The molecule has 0 aromatic heterocycles. The molecule has 0 aliphatic carbocycles. The van der Waals surface area contributed by atoms with Crippen LogP contribution in [0.2, 0.25) is 0 Å². The molecule has 1 aliphatic rings. The van der Waals surface area contributed by atoms with Crippen LogP contribution in [0, 0.1) is 5.92 Å². The van der Waals surface area contributed by atoms with Crippen molar-refractivity contribution in [1.82, 2.24) is 4.90 Å². The van der Waals surface area contributed by atoms with Crippen molar-refractivity contribution in [2.75, 3.05) is 33.4 Å². The number of nitrogens with zero attached hydrogens (tertiary/aromatic N) is 1. The molecule has 1 fully saturated rings. The van der Waals surface area contributed by atoms with Crippen molar-refractivity contribution in [3.8, 4) is 11.5 Å². The van der Waals surface area contributed by atoms with E-state index in [2.05, 4.69) is 0 Å². The van der Waals surface area contributed by atoms with Gasteiger partial charge in [-0.05, 0) is 61.4 Å². The van der Waals surface area contributed by atoms with Crippen LogP contribution in [0.1, 0.15) is 28.8 Å². The highest BCUT2D eigenvalue weighted by Crippen LogP contribution is 2.29. The van der Waals surface area contributed by atoms with Crippen LogP contribution in [0.3, 0.4) is 0 Å². The number of carbonyl (C=O) groups excluding carboxylic acids is 2. The fourth-order valence-electron chi connectivity index (χ4n) is 3.39. The minimum Gasteiger partial charge on any atom is -0.497 e. The number of ether oxygens (including phenoxy) is 3. The van der Waals surface area contributed by atoms with Crippen LogP contribution in [0.15, 0.2) is 48.5 Å². The minimum absolute atomic E-state index is 0.107. The summed E-state index contributed by atoms with van der Waals surface area (Å²) in [7, 11) is 1.57. The van der Waals surface area contributed by atoms with Crippen LogP contribution >= 0.6 is 0 Å². The molecule has 0 atom stereocenters. The molecule has 6 nitrogen and oxygen atoms in total. The Morgan fingerprint density at radius 2 is 1.53 bits per heavy atom. The van der Waals surface area contributed by atoms with Crippen molar-refractivity contribution in [2.45, 2.75) is 19.0 Å². The highest BCUT2D eigenvalue weighted by Gasteiger charge is 2.31. The molecule has 172 valence electrons. The predicted molar refractivity (Wildman–Crippen MR) is 110 cm³/mol. The number of amides is 1. The van der Waals surface area contributed by atoms with Crippen LogP contribution in [0.5, 0.6) is 11.5 Å². The molecule has 0 spiro atoms. The number of esters is 1. The van der Waals surface area contributed by atoms with Gasteiger partial charge in [0.05, 0.1) is 18.6 Å². The summed E-state index contributed by atoms with van der Waals surface area (Å²) in [5.41, 5.74) is -0.610. The fourth-order valence-corrected chi connectivity index (χ4v) is 3.39. The topological polar surface area (TPSA) is 65.1 Å². The van der Waals surface area contributed by atoms with Gasteiger partial charge in [0.2, 0.25) is 0 Å². The Labute approximate surface area is 183 Å². The van der Waals surface area contributed by atoms with Gasteiger partial charge in [-0.25, -0.2) is 0 Å². The Morgan fingerprint density at radius 1 is 0.938 bits per heavy atom. The SMILES string of the molecule is COc1ccc(OCCOC(=O)C2CCN(C(=O)c3ccc(C(F)(F)F)cc3)CC2)cc1. The number of halogens is 3. The second kappa shape index (κ2) is 10.4. The van der Waals surface area contributed by atoms with Gasteiger partial charge in [0.1, 0.15) is 24.7 Å². The highest BCUT2D eigenvalue weighted by molar-refractivity contribution is 5.94. The summed E-state index contributed by atoms with van der Waals surface area (Å²) in [6, 6.07) is 11.2. The first-order chi connectivity index (χ1) is 15.3. The predicted octanol–water partition coefficient (Wildman–Crippen LogP) is 4.19. The third-order valence-electron chi connectivity index (χ3n) is 5.23. The van der Waals surface area contributed by atoms with Gasteiger partial charge in [-0.15, -0.1) is 0 Å². The Bertz CT molecular complexity index is 905. The largest absolute Gasteiger partial charge is 0.497 e. The van der Waals surface area contributed by atoms with E-state index in [-0.39, 0.29) is 36.6 Å². The van der Waals surface area contributed by atoms with Gasteiger partial charge < -0.3 is 19.1 Å². The number of likely N-dealkylation sites (tertiary alicyclic amines) is 1. The molecule has 0 saturated carbocycles. The maximum atomic E-state index is 12.7. The van der Waals surface area contributed by atoms with Gasteiger partial charge in [-0.3, -0.25) is 9.59 Å². The molecule has 0 N–H and O–H groups in total. The number of alkyl halides is 3. The van der Waals surface area contributed by atoms with Crippen LogP contribution < -0.4 is 9.47 Å². The smallest absolute Gasteiger partial charge is 0.416 e. The lowest BCUT2D eigenvalue weighted by atomic mass is 9.96. The van der Waals surface area contributed by atoms with Crippen molar-refractivity contribution < 1.29 is 37.0 Å². The average Bonchev–Trinajstić information content (AvgIpc) is 2.81. The fraction of sp³-hybridized carbons (Fsp3) is 0.391. The van der Waals surface area contributed by atoms with Crippen LogP contribution in [-0.2, 0) is 15.7 Å². The number of carbonyl (C=O) groups is 2. The molecule has 0 radical (unpaired) electrons. The molecule has 1 aliphatic heterocycles. The maximum Gasteiger partial charge on any atom is 0.416 e.